The molecule has 0 unspecified atom stereocenters. The van der Waals surface area contributed by atoms with Gasteiger partial charge in [0.05, 0.1) is 13.8 Å². The van der Waals surface area contributed by atoms with Gasteiger partial charge in [-0.15, -0.1) is 0 Å². The summed E-state index contributed by atoms with van der Waals surface area (Å²) in [5.74, 6) is 0.971. The van der Waals surface area contributed by atoms with Gasteiger partial charge in [0.2, 0.25) is 0 Å². The van der Waals surface area contributed by atoms with Crippen molar-refractivity contribution in [1.29, 1.82) is 0 Å². The van der Waals surface area contributed by atoms with E-state index in [1.54, 1.807) is 14.2 Å². The van der Waals surface area contributed by atoms with E-state index < -0.39 is 0 Å². The van der Waals surface area contributed by atoms with Gasteiger partial charge < -0.3 is 9.47 Å². The molecule has 3 heteroatoms. The summed E-state index contributed by atoms with van der Waals surface area (Å²) in [7, 11) is 5.50. The first-order valence-corrected chi connectivity index (χ1v) is 5.82. The summed E-state index contributed by atoms with van der Waals surface area (Å²) < 4.78 is 10.5. The molecule has 0 aliphatic rings. The monoisotopic (exact) mass is 237 g/mol. The third-order valence-corrected chi connectivity index (χ3v) is 3.21. The highest BCUT2D eigenvalue weighted by atomic mass is 16.5. The van der Waals surface area contributed by atoms with Gasteiger partial charge in [-0.2, -0.15) is 0 Å². The Hall–Kier alpha value is -1.06. The number of nitrogens with zero attached hydrogens (tertiary/aromatic N) is 1. The lowest BCUT2D eigenvalue weighted by molar-refractivity contribution is 0.0769. The van der Waals surface area contributed by atoms with Crippen molar-refractivity contribution >= 4 is 0 Å². The molecule has 0 heterocycles. The predicted molar refractivity (Wildman–Crippen MR) is 70.5 cm³/mol. The molecule has 0 aromatic heterocycles. The Bertz CT molecular complexity index is 388. The maximum atomic E-state index is 5.38. The summed E-state index contributed by atoms with van der Waals surface area (Å²) in [6.07, 6.45) is 0. The average Bonchev–Trinajstić information content (AvgIpc) is 2.29. The van der Waals surface area contributed by atoms with E-state index in [1.165, 1.54) is 22.3 Å². The van der Waals surface area contributed by atoms with Gasteiger partial charge in [0, 0.05) is 13.7 Å². The zero-order chi connectivity index (χ0) is 13.0. The van der Waals surface area contributed by atoms with Gasteiger partial charge in [0.1, 0.15) is 5.75 Å². The molecule has 96 valence electrons. The highest BCUT2D eigenvalue weighted by Gasteiger charge is 2.12. The number of methoxy groups -OCH3 is 2. The lowest BCUT2D eigenvalue weighted by Gasteiger charge is -2.21. The van der Waals surface area contributed by atoms with Gasteiger partial charge in [0.25, 0.3) is 0 Å². The van der Waals surface area contributed by atoms with Crippen LogP contribution in [0.15, 0.2) is 6.07 Å². The molecule has 0 aliphatic heterocycles. The fourth-order valence-corrected chi connectivity index (χ4v) is 2.09. The van der Waals surface area contributed by atoms with Crippen LogP contribution in [-0.4, -0.2) is 32.9 Å². The Kier molecular flexibility index (Phi) is 4.97. The number of hydrogen-bond donors (Lipinski definition) is 0. The van der Waals surface area contributed by atoms with Crippen LogP contribution in [0.25, 0.3) is 0 Å². The van der Waals surface area contributed by atoms with E-state index in [2.05, 4.69) is 38.8 Å². The lowest BCUT2D eigenvalue weighted by Crippen LogP contribution is -2.21. The van der Waals surface area contributed by atoms with Crippen LogP contribution in [0, 0.1) is 20.8 Å². The largest absolute Gasteiger partial charge is 0.496 e. The van der Waals surface area contributed by atoms with Crippen molar-refractivity contribution in [2.75, 3.05) is 28.0 Å². The summed E-state index contributed by atoms with van der Waals surface area (Å²) in [5, 5.41) is 0. The first-order valence-electron chi connectivity index (χ1n) is 5.82. The average molecular weight is 237 g/mol. The van der Waals surface area contributed by atoms with E-state index in [1.807, 2.05) is 0 Å². The van der Waals surface area contributed by atoms with Crippen LogP contribution in [0.5, 0.6) is 5.75 Å². The Morgan fingerprint density at radius 3 is 2.29 bits per heavy atom. The van der Waals surface area contributed by atoms with Crippen LogP contribution in [0.4, 0.5) is 0 Å². The minimum atomic E-state index is 0.643. The van der Waals surface area contributed by atoms with Crippen molar-refractivity contribution < 1.29 is 9.47 Å². The molecule has 0 amide bonds. The first kappa shape index (κ1) is 14.0. The number of ether oxygens (including phenoxy) is 2. The van der Waals surface area contributed by atoms with E-state index in [-0.39, 0.29) is 0 Å². The van der Waals surface area contributed by atoms with Crippen LogP contribution in [0.3, 0.4) is 0 Å². The van der Waals surface area contributed by atoms with E-state index in [0.29, 0.717) is 6.73 Å². The molecule has 0 fully saturated rings. The van der Waals surface area contributed by atoms with E-state index >= 15 is 0 Å². The molecule has 0 N–H and O–H groups in total. The van der Waals surface area contributed by atoms with Crippen molar-refractivity contribution in [3.05, 3.63) is 28.3 Å². The topological polar surface area (TPSA) is 21.7 Å². The summed E-state index contributed by atoms with van der Waals surface area (Å²) in [4.78, 5) is 2.15. The molecule has 0 aliphatic carbocycles. The fraction of sp³-hybridized carbons (Fsp3) is 0.571. The second-order valence-corrected chi connectivity index (χ2v) is 4.56. The molecule has 0 radical (unpaired) electrons. The predicted octanol–water partition coefficient (Wildman–Crippen LogP) is 2.66. The molecule has 0 saturated heterocycles. The fourth-order valence-electron chi connectivity index (χ4n) is 2.09. The third kappa shape index (κ3) is 3.20. The van der Waals surface area contributed by atoms with Crippen molar-refractivity contribution in [1.82, 2.24) is 4.90 Å². The van der Waals surface area contributed by atoms with Gasteiger partial charge in [-0.3, -0.25) is 4.90 Å². The maximum absolute atomic E-state index is 5.38. The number of benzene rings is 1. The molecular weight excluding hydrogens is 214 g/mol. The molecular formula is C14H23NO2. The standard InChI is InChI=1S/C14H23NO2/c1-10-7-14(17-6)12(3)11(2)13(10)8-15(4)9-16-5/h7H,8-9H2,1-6H3. The maximum Gasteiger partial charge on any atom is 0.122 e. The molecule has 0 bridgehead atoms. The van der Waals surface area contributed by atoms with Crippen LogP contribution >= 0.6 is 0 Å². The van der Waals surface area contributed by atoms with Crippen LogP contribution in [0.2, 0.25) is 0 Å². The van der Waals surface area contributed by atoms with Crippen molar-refractivity contribution in [3.63, 3.8) is 0 Å². The van der Waals surface area contributed by atoms with E-state index in [0.717, 1.165) is 12.3 Å². The zero-order valence-electron chi connectivity index (χ0n) is 11.8. The van der Waals surface area contributed by atoms with E-state index in [4.69, 9.17) is 9.47 Å². The SMILES string of the molecule is COCN(C)Cc1c(C)cc(OC)c(C)c1C. The van der Waals surface area contributed by atoms with Crippen LogP contribution < -0.4 is 4.74 Å². The van der Waals surface area contributed by atoms with Gasteiger partial charge in [-0.1, -0.05) is 0 Å². The molecule has 1 rings (SSSR count). The third-order valence-electron chi connectivity index (χ3n) is 3.21. The summed E-state index contributed by atoms with van der Waals surface area (Å²) in [5.41, 5.74) is 5.17. The molecule has 0 spiro atoms. The lowest BCUT2D eigenvalue weighted by atomic mass is 9.97. The Labute approximate surface area is 104 Å². The number of aryl methyl sites for hydroxylation is 1. The second kappa shape index (κ2) is 6.03. The molecule has 0 atom stereocenters. The van der Waals surface area contributed by atoms with Crippen LogP contribution in [-0.2, 0) is 11.3 Å². The second-order valence-electron chi connectivity index (χ2n) is 4.56. The summed E-state index contributed by atoms with van der Waals surface area (Å²) >= 11 is 0. The first-order chi connectivity index (χ1) is 8.01. The van der Waals surface area contributed by atoms with Gasteiger partial charge >= 0.3 is 0 Å². The molecule has 3 nitrogen and oxygen atoms in total. The van der Waals surface area contributed by atoms with Crippen molar-refractivity contribution in [3.8, 4) is 5.75 Å². The molecule has 0 saturated carbocycles. The summed E-state index contributed by atoms with van der Waals surface area (Å²) in [6.45, 7) is 7.93. The minimum absolute atomic E-state index is 0.643. The molecule has 17 heavy (non-hydrogen) atoms. The van der Waals surface area contributed by atoms with Gasteiger partial charge in [0.15, 0.2) is 0 Å². The highest BCUT2D eigenvalue weighted by molar-refractivity contribution is 5.48. The van der Waals surface area contributed by atoms with Crippen molar-refractivity contribution in [2.45, 2.75) is 27.3 Å². The minimum Gasteiger partial charge on any atom is -0.496 e. The Morgan fingerprint density at radius 2 is 1.76 bits per heavy atom. The summed E-state index contributed by atoms with van der Waals surface area (Å²) in [6, 6.07) is 2.11. The molecule has 1 aromatic carbocycles. The quantitative estimate of drug-likeness (QED) is 0.735. The highest BCUT2D eigenvalue weighted by Crippen LogP contribution is 2.28. The molecule has 1 aromatic rings. The Balaban J connectivity index is 3.04. The van der Waals surface area contributed by atoms with Gasteiger partial charge in [-0.05, 0) is 56.1 Å². The van der Waals surface area contributed by atoms with Gasteiger partial charge in [-0.25, -0.2) is 0 Å². The zero-order valence-corrected chi connectivity index (χ0v) is 11.8. The number of hydrogen-bond acceptors (Lipinski definition) is 3. The normalized spacial score (nSPS) is 11.0. The smallest absolute Gasteiger partial charge is 0.122 e. The van der Waals surface area contributed by atoms with E-state index in [9.17, 15) is 0 Å². The Morgan fingerprint density at radius 1 is 1.12 bits per heavy atom. The van der Waals surface area contributed by atoms with Crippen molar-refractivity contribution in [2.24, 2.45) is 0 Å². The van der Waals surface area contributed by atoms with Crippen LogP contribution in [0.1, 0.15) is 22.3 Å². The number of rotatable bonds is 5.